The first kappa shape index (κ1) is 19.8. The fourth-order valence-electron chi connectivity index (χ4n) is 3.14. The molecule has 1 saturated carbocycles. The van der Waals surface area contributed by atoms with E-state index in [1.54, 1.807) is 23.0 Å². The number of benzene rings is 1. The van der Waals surface area contributed by atoms with E-state index in [0.29, 0.717) is 5.82 Å². The Kier molecular flexibility index (Phi) is 5.32. The van der Waals surface area contributed by atoms with Gasteiger partial charge in [0.2, 0.25) is 0 Å². The van der Waals surface area contributed by atoms with Crippen LogP contribution in [0.15, 0.2) is 47.5 Å². The normalized spacial score (nSPS) is 13.2. The van der Waals surface area contributed by atoms with E-state index in [-0.39, 0.29) is 41.1 Å². The van der Waals surface area contributed by atoms with Crippen molar-refractivity contribution in [1.82, 2.24) is 24.6 Å². The fraction of sp³-hybridized carbons (Fsp3) is 0.263. The summed E-state index contributed by atoms with van der Waals surface area (Å²) in [7, 11) is 0. The summed E-state index contributed by atoms with van der Waals surface area (Å²) in [5, 5.41) is 18.4. The van der Waals surface area contributed by atoms with E-state index in [2.05, 4.69) is 15.4 Å². The van der Waals surface area contributed by atoms with Crippen molar-refractivity contribution in [1.29, 1.82) is 0 Å². The molecule has 0 atom stereocenters. The molecular formula is C19H17ClN6O4. The molecule has 1 amide bonds. The van der Waals surface area contributed by atoms with Crippen LogP contribution in [0, 0.1) is 10.1 Å². The number of nitro benzene ring substituents is 1. The number of amides is 1. The van der Waals surface area contributed by atoms with Crippen LogP contribution in [0.3, 0.4) is 0 Å². The number of aromatic nitrogens is 4. The van der Waals surface area contributed by atoms with E-state index in [9.17, 15) is 19.7 Å². The first-order valence-electron chi connectivity index (χ1n) is 9.27. The van der Waals surface area contributed by atoms with Gasteiger partial charge >= 0.3 is 5.69 Å². The van der Waals surface area contributed by atoms with E-state index in [1.807, 2.05) is 6.07 Å². The van der Waals surface area contributed by atoms with Gasteiger partial charge in [0.15, 0.2) is 5.82 Å². The van der Waals surface area contributed by atoms with E-state index in [0.717, 1.165) is 18.4 Å². The first-order valence-corrected chi connectivity index (χ1v) is 9.65. The van der Waals surface area contributed by atoms with Crippen LogP contribution in [0.2, 0.25) is 5.02 Å². The highest BCUT2D eigenvalue weighted by Crippen LogP contribution is 2.36. The maximum absolute atomic E-state index is 12.8. The molecule has 1 aliphatic carbocycles. The Balaban J connectivity index is 1.51. The summed E-state index contributed by atoms with van der Waals surface area (Å²) >= 11 is 5.86. The van der Waals surface area contributed by atoms with Gasteiger partial charge in [0.1, 0.15) is 5.56 Å². The minimum absolute atomic E-state index is 0.0660. The molecule has 1 aromatic carbocycles. The largest absolute Gasteiger partial charge is 0.350 e. The Hall–Kier alpha value is -3.53. The molecule has 0 spiro atoms. The molecule has 1 aliphatic rings. The summed E-state index contributed by atoms with van der Waals surface area (Å²) in [6.07, 6.45) is 5.11. The van der Waals surface area contributed by atoms with Crippen LogP contribution < -0.4 is 11.0 Å². The van der Waals surface area contributed by atoms with Crippen molar-refractivity contribution in [2.24, 2.45) is 0 Å². The first-order chi connectivity index (χ1) is 14.5. The van der Waals surface area contributed by atoms with Gasteiger partial charge in [-0.05, 0) is 37.1 Å². The van der Waals surface area contributed by atoms with E-state index in [4.69, 9.17) is 11.6 Å². The molecule has 1 fully saturated rings. The third-order valence-corrected chi connectivity index (χ3v) is 4.95. The second-order valence-corrected chi connectivity index (χ2v) is 7.28. The molecule has 0 aliphatic heterocycles. The molecule has 3 aromatic rings. The van der Waals surface area contributed by atoms with Gasteiger partial charge in [-0.15, -0.1) is 5.10 Å². The SMILES string of the molecule is O=C(NCCn1nc(-c2cccnc2)n(C2CC2)c1=O)c1cc(Cl)ccc1[N+](=O)[O-]. The highest BCUT2D eigenvalue weighted by atomic mass is 35.5. The second-order valence-electron chi connectivity index (χ2n) is 6.85. The van der Waals surface area contributed by atoms with E-state index >= 15 is 0 Å². The Morgan fingerprint density at radius 1 is 1.33 bits per heavy atom. The van der Waals surface area contributed by atoms with Gasteiger partial charge in [-0.3, -0.25) is 24.5 Å². The van der Waals surface area contributed by atoms with Gasteiger partial charge in [0.05, 0.1) is 11.5 Å². The molecule has 2 aromatic heterocycles. The number of hydrogen-bond donors (Lipinski definition) is 1. The number of rotatable bonds is 7. The predicted molar refractivity (Wildman–Crippen MR) is 108 cm³/mol. The average Bonchev–Trinajstić information content (AvgIpc) is 3.52. The van der Waals surface area contributed by atoms with E-state index in [1.165, 1.54) is 22.9 Å². The molecule has 2 heterocycles. The summed E-state index contributed by atoms with van der Waals surface area (Å²) in [5.74, 6) is -0.112. The zero-order valence-corrected chi connectivity index (χ0v) is 16.5. The zero-order valence-electron chi connectivity index (χ0n) is 15.7. The third kappa shape index (κ3) is 3.94. The Morgan fingerprint density at radius 2 is 2.13 bits per heavy atom. The van der Waals surface area contributed by atoms with Crippen molar-refractivity contribution in [3.63, 3.8) is 0 Å². The quantitative estimate of drug-likeness (QED) is 0.455. The molecule has 1 N–H and O–H groups in total. The number of nitro groups is 1. The molecule has 4 rings (SSSR count). The Labute approximate surface area is 175 Å². The number of nitrogens with zero attached hydrogens (tertiary/aromatic N) is 5. The van der Waals surface area contributed by atoms with Gasteiger partial charge in [0.25, 0.3) is 11.6 Å². The number of carbonyl (C=O) groups is 1. The molecule has 154 valence electrons. The van der Waals surface area contributed by atoms with Gasteiger partial charge in [-0.2, -0.15) is 0 Å². The van der Waals surface area contributed by atoms with Crippen molar-refractivity contribution in [2.75, 3.05) is 6.54 Å². The number of carbonyl (C=O) groups excluding carboxylic acids is 1. The lowest BCUT2D eigenvalue weighted by molar-refractivity contribution is -0.385. The Morgan fingerprint density at radius 3 is 2.80 bits per heavy atom. The molecular weight excluding hydrogens is 412 g/mol. The standard InChI is InChI=1S/C19H17ClN6O4/c20-13-3-6-16(26(29)30)15(10-13)18(27)22-8-9-24-19(28)25(14-4-5-14)17(23-24)12-2-1-7-21-11-12/h1-3,6-7,10-11,14H,4-5,8-9H2,(H,22,27). The Bertz CT molecular complexity index is 1170. The molecule has 0 unspecified atom stereocenters. The lowest BCUT2D eigenvalue weighted by Gasteiger charge is -2.06. The van der Waals surface area contributed by atoms with Crippen LogP contribution in [0.1, 0.15) is 29.2 Å². The molecule has 10 nitrogen and oxygen atoms in total. The van der Waals surface area contributed by atoms with Crippen LogP contribution >= 0.6 is 11.6 Å². The summed E-state index contributed by atoms with van der Waals surface area (Å²) in [5.41, 5.74) is -0.0106. The summed E-state index contributed by atoms with van der Waals surface area (Å²) in [4.78, 5) is 39.8. The highest BCUT2D eigenvalue weighted by molar-refractivity contribution is 6.31. The highest BCUT2D eigenvalue weighted by Gasteiger charge is 2.30. The topological polar surface area (TPSA) is 125 Å². The molecule has 0 saturated heterocycles. The van der Waals surface area contributed by atoms with Crippen molar-refractivity contribution in [3.8, 4) is 11.4 Å². The number of hydrogen-bond acceptors (Lipinski definition) is 6. The van der Waals surface area contributed by atoms with Gasteiger partial charge < -0.3 is 5.32 Å². The lowest BCUT2D eigenvalue weighted by Crippen LogP contribution is -2.32. The second kappa shape index (κ2) is 8.07. The lowest BCUT2D eigenvalue weighted by atomic mass is 10.1. The van der Waals surface area contributed by atoms with Crippen LogP contribution in [-0.2, 0) is 6.54 Å². The van der Waals surface area contributed by atoms with Crippen molar-refractivity contribution < 1.29 is 9.72 Å². The average molecular weight is 429 g/mol. The number of nitrogens with one attached hydrogen (secondary N) is 1. The van der Waals surface area contributed by atoms with Gasteiger partial charge in [-0.1, -0.05) is 11.6 Å². The zero-order chi connectivity index (χ0) is 21.3. The monoisotopic (exact) mass is 428 g/mol. The van der Waals surface area contributed by atoms with Crippen molar-refractivity contribution in [3.05, 3.63) is 73.9 Å². The van der Waals surface area contributed by atoms with E-state index < -0.39 is 10.8 Å². The maximum Gasteiger partial charge on any atom is 0.346 e. The van der Waals surface area contributed by atoms with Gasteiger partial charge in [0, 0.05) is 41.6 Å². The van der Waals surface area contributed by atoms with Crippen LogP contribution in [0.5, 0.6) is 0 Å². The predicted octanol–water partition coefficient (Wildman–Crippen LogP) is 2.43. The molecule has 0 bridgehead atoms. The van der Waals surface area contributed by atoms with Crippen molar-refractivity contribution in [2.45, 2.75) is 25.4 Å². The molecule has 11 heteroatoms. The smallest absolute Gasteiger partial charge is 0.346 e. The van der Waals surface area contributed by atoms with Crippen LogP contribution in [0.4, 0.5) is 5.69 Å². The summed E-state index contributed by atoms with van der Waals surface area (Å²) < 4.78 is 2.94. The number of halogens is 1. The van der Waals surface area contributed by atoms with Gasteiger partial charge in [-0.25, -0.2) is 9.48 Å². The third-order valence-electron chi connectivity index (χ3n) is 4.71. The maximum atomic E-state index is 12.8. The molecule has 0 radical (unpaired) electrons. The van der Waals surface area contributed by atoms with Crippen molar-refractivity contribution >= 4 is 23.2 Å². The summed E-state index contributed by atoms with van der Waals surface area (Å²) in [6, 6.07) is 7.49. The van der Waals surface area contributed by atoms with Crippen LogP contribution in [0.25, 0.3) is 11.4 Å². The summed E-state index contributed by atoms with van der Waals surface area (Å²) in [6.45, 7) is 0.183. The fourth-order valence-corrected chi connectivity index (χ4v) is 3.31. The van der Waals surface area contributed by atoms with Crippen LogP contribution in [-0.4, -0.2) is 36.7 Å². The minimum atomic E-state index is -0.647. The number of pyridine rings is 1. The minimum Gasteiger partial charge on any atom is -0.350 e. The molecule has 30 heavy (non-hydrogen) atoms.